The minimum absolute atomic E-state index is 0. The van der Waals surface area contributed by atoms with Crippen molar-refractivity contribution in [1.29, 1.82) is 0 Å². The van der Waals surface area contributed by atoms with Gasteiger partial charge >= 0.3 is 0 Å². The summed E-state index contributed by atoms with van der Waals surface area (Å²) in [5, 5.41) is 0. The van der Waals surface area contributed by atoms with E-state index < -0.39 is 0 Å². The first-order valence-electron chi connectivity index (χ1n) is 2.63. The van der Waals surface area contributed by atoms with E-state index in [1.54, 1.807) is 6.08 Å². The van der Waals surface area contributed by atoms with E-state index in [1.807, 2.05) is 21.1 Å². The number of hydrogen-bond acceptors (Lipinski definition) is 1. The average Bonchev–Trinajstić information content (AvgIpc) is 1.59. The lowest BCUT2D eigenvalue weighted by Crippen LogP contribution is -3.00. The highest BCUT2D eigenvalue weighted by molar-refractivity contribution is 4.62. The predicted molar refractivity (Wildman–Crippen MR) is 34.2 cm³/mol. The molecule has 0 heterocycles. The van der Waals surface area contributed by atoms with E-state index in [4.69, 9.17) is 4.84 Å². The first-order chi connectivity index (χ1) is 3.56. The van der Waals surface area contributed by atoms with Gasteiger partial charge in [0.15, 0.2) is 0 Å². The van der Waals surface area contributed by atoms with Crippen molar-refractivity contribution in [2.24, 2.45) is 0 Å². The van der Waals surface area contributed by atoms with Crippen LogP contribution < -0.4 is 12.4 Å². The van der Waals surface area contributed by atoms with Crippen LogP contribution in [0.15, 0.2) is 12.7 Å². The third-order valence-corrected chi connectivity index (χ3v) is 0.580. The zero-order valence-corrected chi connectivity index (χ0v) is 6.98. The second-order valence-corrected chi connectivity index (χ2v) is 2.47. The zero-order valence-electron chi connectivity index (χ0n) is 6.22. The Kier molecular flexibility index (Phi) is 6.24. The maximum Gasteiger partial charge on any atom is 0.124 e. The van der Waals surface area contributed by atoms with Crippen LogP contribution in [-0.4, -0.2) is 32.4 Å². The van der Waals surface area contributed by atoms with E-state index in [9.17, 15) is 0 Å². The van der Waals surface area contributed by atoms with Crippen molar-refractivity contribution in [1.82, 2.24) is 0 Å². The second kappa shape index (κ2) is 4.79. The Balaban J connectivity index is 0. The molecule has 2 nitrogen and oxygen atoms in total. The van der Waals surface area contributed by atoms with E-state index >= 15 is 0 Å². The lowest BCUT2D eigenvalue weighted by atomic mass is 10.7. The van der Waals surface area contributed by atoms with Gasteiger partial charge in [-0.15, -0.1) is 6.58 Å². The minimum Gasteiger partial charge on any atom is -1.00 e. The molecule has 0 unspecified atom stereocenters. The molecular formula is C6H14ClNO. The van der Waals surface area contributed by atoms with Crippen LogP contribution in [-0.2, 0) is 4.84 Å². The number of hydrogen-bond donors (Lipinski definition) is 0. The maximum absolute atomic E-state index is 5.20. The monoisotopic (exact) mass is 151 g/mol. The summed E-state index contributed by atoms with van der Waals surface area (Å²) in [5.74, 6) is 0. The molecule has 0 aromatic carbocycles. The van der Waals surface area contributed by atoms with Gasteiger partial charge in [0.2, 0.25) is 0 Å². The van der Waals surface area contributed by atoms with Crippen molar-refractivity contribution in [3.05, 3.63) is 12.7 Å². The van der Waals surface area contributed by atoms with Gasteiger partial charge in [0, 0.05) is 0 Å². The summed E-state index contributed by atoms with van der Waals surface area (Å²) in [7, 11) is 5.89. The molecule has 0 bridgehead atoms. The summed E-state index contributed by atoms with van der Waals surface area (Å²) in [6, 6.07) is 0. The summed E-state index contributed by atoms with van der Waals surface area (Å²) in [6.45, 7) is 4.14. The van der Waals surface area contributed by atoms with Crippen LogP contribution in [0.2, 0.25) is 0 Å². The molecular weight excluding hydrogens is 138 g/mol. The summed E-state index contributed by atoms with van der Waals surface area (Å²) in [5.41, 5.74) is 0. The van der Waals surface area contributed by atoms with Crippen molar-refractivity contribution in [3.8, 4) is 0 Å². The van der Waals surface area contributed by atoms with E-state index in [0.717, 1.165) is 0 Å². The topological polar surface area (TPSA) is 9.23 Å². The van der Waals surface area contributed by atoms with E-state index in [0.29, 0.717) is 11.3 Å². The summed E-state index contributed by atoms with van der Waals surface area (Å²) in [4.78, 5) is 5.20. The van der Waals surface area contributed by atoms with E-state index in [1.165, 1.54) is 0 Å². The molecule has 56 valence electrons. The third-order valence-electron chi connectivity index (χ3n) is 0.580. The lowest BCUT2D eigenvalue weighted by Gasteiger charge is -2.19. The van der Waals surface area contributed by atoms with Crippen molar-refractivity contribution in [2.75, 3.05) is 27.7 Å². The molecule has 0 aromatic rings. The number of halogens is 1. The third kappa shape index (κ3) is 11.5. The Morgan fingerprint density at radius 3 is 2.00 bits per heavy atom. The number of quaternary nitrogens is 1. The fourth-order valence-corrected chi connectivity index (χ4v) is 0.276. The fraction of sp³-hybridized carbons (Fsp3) is 0.667. The predicted octanol–water partition coefficient (Wildman–Crippen LogP) is -2.19. The molecule has 0 radical (unpaired) electrons. The molecule has 0 saturated carbocycles. The molecule has 0 aromatic heterocycles. The number of rotatable bonds is 3. The van der Waals surface area contributed by atoms with Gasteiger partial charge < -0.3 is 12.4 Å². The van der Waals surface area contributed by atoms with Gasteiger partial charge in [-0.25, -0.2) is 0 Å². The molecule has 0 spiro atoms. The van der Waals surface area contributed by atoms with Gasteiger partial charge in [0.1, 0.15) is 6.61 Å². The normalized spacial score (nSPS) is 10.1. The van der Waals surface area contributed by atoms with Crippen LogP contribution in [0, 0.1) is 0 Å². The molecule has 0 amide bonds. The van der Waals surface area contributed by atoms with E-state index in [2.05, 4.69) is 6.58 Å². The standard InChI is InChI=1S/C6H14NO.ClH/c1-5-6-8-7(2,3)4;/h5H,1,6H2,2-4H3;1H/q+1;/p-1. The van der Waals surface area contributed by atoms with Crippen molar-refractivity contribution >= 4 is 0 Å². The van der Waals surface area contributed by atoms with Crippen LogP contribution in [0.4, 0.5) is 0 Å². The molecule has 0 fully saturated rings. The second-order valence-electron chi connectivity index (χ2n) is 2.47. The summed E-state index contributed by atoms with van der Waals surface area (Å²) >= 11 is 0. The fourth-order valence-electron chi connectivity index (χ4n) is 0.276. The molecule has 0 aliphatic rings. The molecule has 3 heteroatoms. The van der Waals surface area contributed by atoms with Crippen LogP contribution >= 0.6 is 0 Å². The maximum atomic E-state index is 5.20. The highest BCUT2D eigenvalue weighted by atomic mass is 35.5. The van der Waals surface area contributed by atoms with Crippen LogP contribution in [0.1, 0.15) is 0 Å². The van der Waals surface area contributed by atoms with Crippen LogP contribution in [0.5, 0.6) is 0 Å². The first-order valence-corrected chi connectivity index (χ1v) is 2.63. The van der Waals surface area contributed by atoms with Gasteiger partial charge in [0.05, 0.1) is 21.1 Å². The smallest absolute Gasteiger partial charge is 0.124 e. The van der Waals surface area contributed by atoms with Gasteiger partial charge in [-0.2, -0.15) is 9.48 Å². The highest BCUT2D eigenvalue weighted by Crippen LogP contribution is 1.90. The van der Waals surface area contributed by atoms with Gasteiger partial charge in [-0.3, -0.25) is 0 Å². The van der Waals surface area contributed by atoms with Gasteiger partial charge in [-0.1, -0.05) is 6.08 Å². The largest absolute Gasteiger partial charge is 1.00 e. The molecule has 0 atom stereocenters. The Hall–Kier alpha value is -0.0500. The Bertz CT molecular complexity index is 77.6. The van der Waals surface area contributed by atoms with Gasteiger partial charge in [-0.05, 0) is 0 Å². The quantitative estimate of drug-likeness (QED) is 0.253. The molecule has 0 aliphatic heterocycles. The molecule has 0 saturated heterocycles. The van der Waals surface area contributed by atoms with Crippen molar-refractivity contribution < 1.29 is 21.9 Å². The zero-order chi connectivity index (χ0) is 6.62. The molecule has 0 N–H and O–H groups in total. The minimum atomic E-state index is 0. The van der Waals surface area contributed by atoms with Gasteiger partial charge in [0.25, 0.3) is 0 Å². The lowest BCUT2D eigenvalue weighted by molar-refractivity contribution is -1.06. The highest BCUT2D eigenvalue weighted by Gasteiger charge is 2.03. The van der Waals surface area contributed by atoms with Crippen LogP contribution in [0.25, 0.3) is 0 Å². The molecule has 0 rings (SSSR count). The summed E-state index contributed by atoms with van der Waals surface area (Å²) in [6.07, 6.45) is 1.74. The summed E-state index contributed by atoms with van der Waals surface area (Å²) < 4.78 is 0.534. The first kappa shape index (κ1) is 11.7. The molecule has 0 aliphatic carbocycles. The number of nitrogens with zero attached hydrogens (tertiary/aromatic N) is 1. The van der Waals surface area contributed by atoms with Crippen molar-refractivity contribution in [2.45, 2.75) is 0 Å². The van der Waals surface area contributed by atoms with Crippen molar-refractivity contribution in [3.63, 3.8) is 0 Å². The average molecular weight is 152 g/mol. The number of hydroxylamine groups is 3. The van der Waals surface area contributed by atoms with Crippen LogP contribution in [0.3, 0.4) is 0 Å². The Labute approximate surface area is 63.1 Å². The molecule has 9 heavy (non-hydrogen) atoms. The Morgan fingerprint density at radius 2 is 1.89 bits per heavy atom. The SMILES string of the molecule is C=CCO[N+](C)(C)C.[Cl-]. The Morgan fingerprint density at radius 1 is 1.44 bits per heavy atom. The van der Waals surface area contributed by atoms with E-state index in [-0.39, 0.29) is 12.4 Å².